The number of carbonyl (C=O) groups excluding carboxylic acids is 1. The van der Waals surface area contributed by atoms with E-state index >= 15 is 0 Å². The first kappa shape index (κ1) is 16.1. The van der Waals surface area contributed by atoms with Crippen LogP contribution >= 0.6 is 12.4 Å². The maximum atomic E-state index is 12.7. The van der Waals surface area contributed by atoms with Crippen LogP contribution in [0.4, 0.5) is 0 Å². The Morgan fingerprint density at radius 2 is 1.95 bits per heavy atom. The second kappa shape index (κ2) is 7.13. The fourth-order valence-corrected chi connectivity index (χ4v) is 3.90. The largest absolute Gasteiger partial charge is 0.341 e. The van der Waals surface area contributed by atoms with Gasteiger partial charge in [-0.3, -0.25) is 4.79 Å². The zero-order valence-electron chi connectivity index (χ0n) is 12.6. The number of hydrogen-bond donors (Lipinski definition) is 1. The number of hydrogen-bond acceptors (Lipinski definition) is 2. The fourth-order valence-electron chi connectivity index (χ4n) is 3.90. The van der Waals surface area contributed by atoms with Crippen LogP contribution in [0, 0.1) is 11.8 Å². The van der Waals surface area contributed by atoms with Gasteiger partial charge in [-0.2, -0.15) is 0 Å². The predicted molar refractivity (Wildman–Crippen MR) is 84.1 cm³/mol. The van der Waals surface area contributed by atoms with Gasteiger partial charge in [0.25, 0.3) is 0 Å². The molecule has 2 aliphatic carbocycles. The molecule has 0 aromatic rings. The van der Waals surface area contributed by atoms with Gasteiger partial charge < -0.3 is 10.2 Å². The summed E-state index contributed by atoms with van der Waals surface area (Å²) < 4.78 is 0. The SMILES string of the molecule is CCCN(CC1CC1)C(=O)C1CC2CCCCC2N1.Cl. The maximum absolute atomic E-state index is 12.7. The summed E-state index contributed by atoms with van der Waals surface area (Å²) in [5, 5.41) is 3.63. The van der Waals surface area contributed by atoms with Gasteiger partial charge in [0, 0.05) is 19.1 Å². The molecule has 3 fully saturated rings. The van der Waals surface area contributed by atoms with Gasteiger partial charge in [-0.15, -0.1) is 12.4 Å². The Balaban J connectivity index is 0.00000147. The Morgan fingerprint density at radius 1 is 1.20 bits per heavy atom. The van der Waals surface area contributed by atoms with Gasteiger partial charge in [0.05, 0.1) is 6.04 Å². The molecule has 0 spiro atoms. The summed E-state index contributed by atoms with van der Waals surface area (Å²) >= 11 is 0. The fraction of sp³-hybridized carbons (Fsp3) is 0.938. The molecule has 1 heterocycles. The molecule has 0 aromatic heterocycles. The molecule has 1 amide bonds. The van der Waals surface area contributed by atoms with E-state index in [1.807, 2.05) is 0 Å². The molecule has 1 aliphatic heterocycles. The van der Waals surface area contributed by atoms with Crippen molar-refractivity contribution in [1.29, 1.82) is 0 Å². The van der Waals surface area contributed by atoms with Crippen LogP contribution in [0.3, 0.4) is 0 Å². The smallest absolute Gasteiger partial charge is 0.239 e. The van der Waals surface area contributed by atoms with E-state index in [2.05, 4.69) is 17.1 Å². The first-order valence-corrected chi connectivity index (χ1v) is 8.32. The molecule has 2 saturated carbocycles. The summed E-state index contributed by atoms with van der Waals surface area (Å²) in [4.78, 5) is 14.9. The molecular formula is C16H29ClN2O. The van der Waals surface area contributed by atoms with Crippen molar-refractivity contribution < 1.29 is 4.79 Å². The number of rotatable bonds is 5. The third-order valence-electron chi connectivity index (χ3n) is 5.14. The molecule has 116 valence electrons. The molecule has 0 radical (unpaired) electrons. The standard InChI is InChI=1S/C16H28N2O.ClH/c1-2-9-18(11-12-7-8-12)16(19)15-10-13-5-3-4-6-14(13)17-15;/h12-15,17H,2-11H2,1H3;1H. The topological polar surface area (TPSA) is 32.3 Å². The van der Waals surface area contributed by atoms with Crippen LogP contribution in [-0.2, 0) is 4.79 Å². The lowest BCUT2D eigenvalue weighted by atomic mass is 9.85. The molecule has 0 aromatic carbocycles. The molecule has 4 heteroatoms. The van der Waals surface area contributed by atoms with Gasteiger partial charge in [0.1, 0.15) is 0 Å². The van der Waals surface area contributed by atoms with Crippen molar-refractivity contribution in [2.45, 2.75) is 70.4 Å². The van der Waals surface area contributed by atoms with Crippen molar-refractivity contribution in [2.24, 2.45) is 11.8 Å². The average Bonchev–Trinajstić information content (AvgIpc) is 3.13. The van der Waals surface area contributed by atoms with Crippen LogP contribution in [0.25, 0.3) is 0 Å². The number of fused-ring (bicyclic) bond motifs is 1. The molecule has 3 rings (SSSR count). The zero-order chi connectivity index (χ0) is 13.2. The lowest BCUT2D eigenvalue weighted by Crippen LogP contribution is -2.46. The monoisotopic (exact) mass is 300 g/mol. The second-order valence-corrected chi connectivity index (χ2v) is 6.83. The number of carbonyl (C=O) groups is 1. The Morgan fingerprint density at radius 3 is 2.60 bits per heavy atom. The summed E-state index contributed by atoms with van der Waals surface area (Å²) in [5.41, 5.74) is 0. The minimum atomic E-state index is 0. The van der Waals surface area contributed by atoms with E-state index < -0.39 is 0 Å². The Kier molecular flexibility index (Phi) is 5.74. The quantitative estimate of drug-likeness (QED) is 0.846. The summed E-state index contributed by atoms with van der Waals surface area (Å²) in [6, 6.07) is 0.755. The summed E-state index contributed by atoms with van der Waals surface area (Å²) in [6.45, 7) is 4.14. The summed E-state index contributed by atoms with van der Waals surface area (Å²) in [5.74, 6) is 1.97. The highest BCUT2D eigenvalue weighted by molar-refractivity contribution is 5.85. The normalized spacial score (nSPS) is 32.4. The lowest BCUT2D eigenvalue weighted by molar-refractivity contribution is -0.133. The van der Waals surface area contributed by atoms with Gasteiger partial charge in [-0.25, -0.2) is 0 Å². The molecule has 3 aliphatic rings. The van der Waals surface area contributed by atoms with Crippen LogP contribution in [0.15, 0.2) is 0 Å². The van der Waals surface area contributed by atoms with Gasteiger partial charge in [-0.05, 0) is 50.4 Å². The van der Waals surface area contributed by atoms with Crippen molar-refractivity contribution in [3.8, 4) is 0 Å². The molecule has 3 unspecified atom stereocenters. The van der Waals surface area contributed by atoms with Crippen LogP contribution in [-0.4, -0.2) is 36.0 Å². The van der Waals surface area contributed by atoms with E-state index in [0.29, 0.717) is 11.9 Å². The molecule has 20 heavy (non-hydrogen) atoms. The van der Waals surface area contributed by atoms with Crippen LogP contribution in [0.2, 0.25) is 0 Å². The molecule has 1 saturated heterocycles. The summed E-state index contributed by atoms with van der Waals surface area (Å²) in [7, 11) is 0. The van der Waals surface area contributed by atoms with Crippen molar-refractivity contribution in [1.82, 2.24) is 10.2 Å². The van der Waals surface area contributed by atoms with Crippen molar-refractivity contribution in [3.05, 3.63) is 0 Å². The molecular weight excluding hydrogens is 272 g/mol. The highest BCUT2D eigenvalue weighted by Crippen LogP contribution is 2.34. The van der Waals surface area contributed by atoms with Gasteiger partial charge in [0.2, 0.25) is 5.91 Å². The first-order chi connectivity index (χ1) is 9.28. The lowest BCUT2D eigenvalue weighted by Gasteiger charge is -2.26. The van der Waals surface area contributed by atoms with Crippen LogP contribution in [0.1, 0.15) is 58.3 Å². The minimum absolute atomic E-state index is 0. The van der Waals surface area contributed by atoms with E-state index in [0.717, 1.165) is 37.8 Å². The highest BCUT2D eigenvalue weighted by atomic mass is 35.5. The third-order valence-corrected chi connectivity index (χ3v) is 5.14. The molecule has 1 N–H and O–H groups in total. The van der Waals surface area contributed by atoms with E-state index in [9.17, 15) is 4.79 Å². The Bertz CT molecular complexity index is 318. The number of amides is 1. The molecule has 3 nitrogen and oxygen atoms in total. The van der Waals surface area contributed by atoms with Crippen LogP contribution < -0.4 is 5.32 Å². The first-order valence-electron chi connectivity index (χ1n) is 8.32. The van der Waals surface area contributed by atoms with E-state index in [1.54, 1.807) is 0 Å². The van der Waals surface area contributed by atoms with Crippen molar-refractivity contribution in [2.75, 3.05) is 13.1 Å². The van der Waals surface area contributed by atoms with Gasteiger partial charge in [0.15, 0.2) is 0 Å². The Hall–Kier alpha value is -0.280. The zero-order valence-corrected chi connectivity index (χ0v) is 13.5. The molecule has 0 bridgehead atoms. The molecule has 3 atom stereocenters. The number of halogens is 1. The highest BCUT2D eigenvalue weighted by Gasteiger charge is 2.40. The predicted octanol–water partition coefficient (Wildman–Crippen LogP) is 2.98. The maximum Gasteiger partial charge on any atom is 0.239 e. The van der Waals surface area contributed by atoms with E-state index in [1.165, 1.54) is 38.5 Å². The average molecular weight is 301 g/mol. The van der Waals surface area contributed by atoms with E-state index in [4.69, 9.17) is 0 Å². The van der Waals surface area contributed by atoms with Crippen LogP contribution in [0.5, 0.6) is 0 Å². The number of nitrogens with zero attached hydrogens (tertiary/aromatic N) is 1. The van der Waals surface area contributed by atoms with Crippen molar-refractivity contribution in [3.63, 3.8) is 0 Å². The Labute approximate surface area is 129 Å². The minimum Gasteiger partial charge on any atom is -0.341 e. The third kappa shape index (κ3) is 3.67. The summed E-state index contributed by atoms with van der Waals surface area (Å²) in [6.07, 6.45) is 10.2. The van der Waals surface area contributed by atoms with Gasteiger partial charge in [-0.1, -0.05) is 19.8 Å². The second-order valence-electron chi connectivity index (χ2n) is 6.83. The number of nitrogens with one attached hydrogen (secondary N) is 1. The van der Waals surface area contributed by atoms with E-state index in [-0.39, 0.29) is 18.4 Å². The van der Waals surface area contributed by atoms with Crippen molar-refractivity contribution >= 4 is 18.3 Å². The van der Waals surface area contributed by atoms with Gasteiger partial charge >= 0.3 is 0 Å².